The molecular formula is C25H26FN5O3. The first-order chi connectivity index (χ1) is 16.6. The Bertz CT molecular complexity index is 1380. The van der Waals surface area contributed by atoms with Crippen molar-refractivity contribution in [1.82, 2.24) is 19.7 Å². The molecule has 0 saturated heterocycles. The van der Waals surface area contributed by atoms with E-state index in [0.29, 0.717) is 41.2 Å². The van der Waals surface area contributed by atoms with E-state index >= 15 is 0 Å². The van der Waals surface area contributed by atoms with Gasteiger partial charge in [-0.1, -0.05) is 42.5 Å². The van der Waals surface area contributed by atoms with Crippen LogP contribution in [-0.4, -0.2) is 34.3 Å². The molecule has 0 amide bonds. The summed E-state index contributed by atoms with van der Waals surface area (Å²) in [6.45, 7) is 1.24. The van der Waals surface area contributed by atoms with Gasteiger partial charge >= 0.3 is 0 Å². The number of nitrogens with zero attached hydrogens (tertiary/aromatic N) is 2. The summed E-state index contributed by atoms with van der Waals surface area (Å²) in [5.74, 6) is 0.523. The topological polar surface area (TPSA) is 115 Å². The predicted molar refractivity (Wildman–Crippen MR) is 129 cm³/mol. The SMILES string of the molecule is NCCCNCc1ccc(-c2cn3c(=O)cc(Cc4ccccc4OCF)nc3[nH]c2=O)cc1. The van der Waals surface area contributed by atoms with E-state index < -0.39 is 6.86 Å². The van der Waals surface area contributed by atoms with Crippen LogP contribution < -0.4 is 26.9 Å². The molecule has 8 nitrogen and oxygen atoms in total. The van der Waals surface area contributed by atoms with E-state index in [-0.39, 0.29) is 23.3 Å². The number of nitrogens with one attached hydrogen (secondary N) is 2. The number of benzene rings is 2. The lowest BCUT2D eigenvalue weighted by Crippen LogP contribution is -2.22. The second kappa shape index (κ2) is 10.9. The molecule has 0 atom stereocenters. The number of hydrogen-bond acceptors (Lipinski definition) is 6. The summed E-state index contributed by atoms with van der Waals surface area (Å²) in [5, 5.41) is 3.31. The van der Waals surface area contributed by atoms with Crippen LogP contribution in [0.1, 0.15) is 23.2 Å². The van der Waals surface area contributed by atoms with E-state index in [0.717, 1.165) is 18.5 Å². The van der Waals surface area contributed by atoms with Crippen molar-refractivity contribution in [3.63, 3.8) is 0 Å². The van der Waals surface area contributed by atoms with Crippen molar-refractivity contribution < 1.29 is 9.13 Å². The van der Waals surface area contributed by atoms with Crippen LogP contribution in [0.4, 0.5) is 4.39 Å². The van der Waals surface area contributed by atoms with E-state index in [1.165, 1.54) is 16.7 Å². The molecule has 0 bridgehead atoms. The Hall–Kier alpha value is -3.82. The molecule has 0 aliphatic carbocycles. The number of hydrogen-bond donors (Lipinski definition) is 3. The van der Waals surface area contributed by atoms with Crippen molar-refractivity contribution in [1.29, 1.82) is 0 Å². The molecule has 9 heteroatoms. The van der Waals surface area contributed by atoms with Crippen molar-refractivity contribution in [3.8, 4) is 16.9 Å². The smallest absolute Gasteiger partial charge is 0.260 e. The molecule has 0 radical (unpaired) electrons. The summed E-state index contributed by atoms with van der Waals surface area (Å²) in [6, 6.07) is 15.9. The van der Waals surface area contributed by atoms with Crippen LogP contribution in [0.3, 0.4) is 0 Å². The van der Waals surface area contributed by atoms with Gasteiger partial charge in [0.05, 0.1) is 11.3 Å². The molecule has 0 saturated carbocycles. The van der Waals surface area contributed by atoms with Gasteiger partial charge in [-0.15, -0.1) is 0 Å². The van der Waals surface area contributed by atoms with Gasteiger partial charge in [0.1, 0.15) is 5.75 Å². The molecule has 4 aromatic rings. The van der Waals surface area contributed by atoms with E-state index in [1.807, 2.05) is 24.3 Å². The fourth-order valence-electron chi connectivity index (χ4n) is 3.71. The highest BCUT2D eigenvalue weighted by atomic mass is 19.1. The van der Waals surface area contributed by atoms with E-state index in [4.69, 9.17) is 10.5 Å². The summed E-state index contributed by atoms with van der Waals surface area (Å²) >= 11 is 0. The van der Waals surface area contributed by atoms with Crippen LogP contribution >= 0.6 is 0 Å². The van der Waals surface area contributed by atoms with E-state index in [2.05, 4.69) is 15.3 Å². The number of rotatable bonds is 10. The number of fused-ring (bicyclic) bond motifs is 1. The molecule has 2 heterocycles. The minimum Gasteiger partial charge on any atom is -0.463 e. The second-order valence-electron chi connectivity index (χ2n) is 7.83. The maximum absolute atomic E-state index is 12.8. The molecule has 0 fully saturated rings. The van der Waals surface area contributed by atoms with Crippen LogP contribution in [0.2, 0.25) is 0 Å². The fourth-order valence-corrected chi connectivity index (χ4v) is 3.71. The van der Waals surface area contributed by atoms with Gasteiger partial charge in [0.15, 0.2) is 0 Å². The van der Waals surface area contributed by atoms with Crippen molar-refractivity contribution >= 4 is 5.78 Å². The van der Waals surface area contributed by atoms with Crippen molar-refractivity contribution in [2.75, 3.05) is 20.0 Å². The Morgan fingerprint density at radius 1 is 1.12 bits per heavy atom. The van der Waals surface area contributed by atoms with Crippen LogP contribution in [0.5, 0.6) is 5.75 Å². The normalized spacial score (nSPS) is 11.1. The first kappa shape index (κ1) is 23.3. The lowest BCUT2D eigenvalue weighted by atomic mass is 10.1. The number of H-pyrrole nitrogens is 1. The maximum Gasteiger partial charge on any atom is 0.260 e. The maximum atomic E-state index is 12.8. The van der Waals surface area contributed by atoms with Gasteiger partial charge in [-0.25, -0.2) is 9.37 Å². The zero-order chi connectivity index (χ0) is 23.9. The number of alkyl halides is 1. The van der Waals surface area contributed by atoms with Crippen LogP contribution in [-0.2, 0) is 13.0 Å². The molecular weight excluding hydrogens is 437 g/mol. The van der Waals surface area contributed by atoms with Crippen molar-refractivity contribution in [2.24, 2.45) is 5.73 Å². The molecule has 4 N–H and O–H groups in total. The number of ether oxygens (including phenoxy) is 1. The van der Waals surface area contributed by atoms with Crippen LogP contribution in [0, 0.1) is 0 Å². The average Bonchev–Trinajstić information content (AvgIpc) is 2.83. The summed E-state index contributed by atoms with van der Waals surface area (Å²) < 4.78 is 19.0. The highest BCUT2D eigenvalue weighted by Gasteiger charge is 2.11. The lowest BCUT2D eigenvalue weighted by Gasteiger charge is -2.10. The second-order valence-corrected chi connectivity index (χ2v) is 7.83. The Balaban J connectivity index is 1.60. The highest BCUT2D eigenvalue weighted by Crippen LogP contribution is 2.21. The summed E-state index contributed by atoms with van der Waals surface area (Å²) in [6.07, 6.45) is 2.67. The van der Waals surface area contributed by atoms with Gasteiger partial charge in [-0.05, 0) is 36.7 Å². The van der Waals surface area contributed by atoms with Gasteiger partial charge in [-0.2, -0.15) is 0 Å². The molecule has 0 unspecified atom stereocenters. The minimum absolute atomic E-state index is 0.140. The summed E-state index contributed by atoms with van der Waals surface area (Å²) in [4.78, 5) is 32.7. The zero-order valence-electron chi connectivity index (χ0n) is 18.6. The number of nitrogens with two attached hydrogens (primary N) is 1. The lowest BCUT2D eigenvalue weighted by molar-refractivity contribution is 0.190. The number of halogens is 1. The molecule has 4 rings (SSSR count). The predicted octanol–water partition coefficient (Wildman–Crippen LogP) is 2.38. The molecule has 176 valence electrons. The van der Waals surface area contributed by atoms with Crippen molar-refractivity contribution in [2.45, 2.75) is 19.4 Å². The molecule has 0 aliphatic heterocycles. The van der Waals surface area contributed by atoms with Gasteiger partial charge < -0.3 is 15.8 Å². The zero-order valence-corrected chi connectivity index (χ0v) is 18.6. The van der Waals surface area contributed by atoms with E-state index in [1.54, 1.807) is 24.3 Å². The number of para-hydroxylation sites is 1. The monoisotopic (exact) mass is 463 g/mol. The first-order valence-corrected chi connectivity index (χ1v) is 11.0. The van der Waals surface area contributed by atoms with Crippen LogP contribution in [0.25, 0.3) is 16.9 Å². The standard InChI is InChI=1S/C25H26FN5O3/c26-16-34-22-5-2-1-4-19(22)12-20-13-23(32)31-15-21(24(33)30-25(31)29-20)18-8-6-17(7-9-18)14-28-11-3-10-27/h1-2,4-9,13,15,28H,3,10-12,14,16,27H2,(H,29,30,33). The third-order valence-corrected chi connectivity index (χ3v) is 5.44. The van der Waals surface area contributed by atoms with Crippen LogP contribution in [0.15, 0.2) is 70.4 Å². The summed E-state index contributed by atoms with van der Waals surface area (Å²) in [5.41, 5.74) is 8.09. The Morgan fingerprint density at radius 2 is 1.91 bits per heavy atom. The summed E-state index contributed by atoms with van der Waals surface area (Å²) in [7, 11) is 0. The Morgan fingerprint density at radius 3 is 2.68 bits per heavy atom. The number of aromatic nitrogens is 3. The van der Waals surface area contributed by atoms with Gasteiger partial charge in [0.2, 0.25) is 12.6 Å². The third kappa shape index (κ3) is 5.38. The molecule has 2 aromatic carbocycles. The van der Waals surface area contributed by atoms with Crippen molar-refractivity contribution in [3.05, 3.63) is 98.3 Å². The minimum atomic E-state index is -0.952. The molecule has 34 heavy (non-hydrogen) atoms. The Labute approximate surface area is 195 Å². The largest absolute Gasteiger partial charge is 0.463 e. The average molecular weight is 464 g/mol. The number of aromatic amines is 1. The van der Waals surface area contributed by atoms with Gasteiger partial charge in [0.25, 0.3) is 11.1 Å². The Kier molecular flexibility index (Phi) is 7.46. The first-order valence-electron chi connectivity index (χ1n) is 11.0. The van der Waals surface area contributed by atoms with Gasteiger partial charge in [-0.3, -0.25) is 19.0 Å². The van der Waals surface area contributed by atoms with E-state index in [9.17, 15) is 14.0 Å². The molecule has 0 spiro atoms. The third-order valence-electron chi connectivity index (χ3n) is 5.44. The highest BCUT2D eigenvalue weighted by molar-refractivity contribution is 5.62. The van der Waals surface area contributed by atoms with Gasteiger partial charge in [0, 0.05) is 30.8 Å². The molecule has 0 aliphatic rings. The fraction of sp³-hybridized carbons (Fsp3) is 0.240. The molecule has 2 aromatic heterocycles. The quantitative estimate of drug-likeness (QED) is 0.311.